The highest BCUT2D eigenvalue weighted by atomic mass is 16.3. The van der Waals surface area contributed by atoms with E-state index in [-0.39, 0.29) is 6.04 Å². The maximum Gasteiger partial charge on any atom is 0.127 e. The summed E-state index contributed by atoms with van der Waals surface area (Å²) in [4.78, 5) is 0. The Balaban J connectivity index is 2.28. The van der Waals surface area contributed by atoms with Gasteiger partial charge in [0.1, 0.15) is 17.6 Å². The molecule has 0 aromatic carbocycles. The molecule has 0 radical (unpaired) electrons. The Morgan fingerprint density at radius 3 is 2.87 bits per heavy atom. The second-order valence-corrected chi connectivity index (χ2v) is 3.42. The highest BCUT2D eigenvalue weighted by Gasteiger charge is 2.16. The summed E-state index contributed by atoms with van der Waals surface area (Å²) in [7, 11) is 1.81. The molecule has 2 aromatic heterocycles. The topological polar surface area (TPSA) is 69.9 Å². The van der Waals surface area contributed by atoms with Gasteiger partial charge in [0.15, 0.2) is 0 Å². The zero-order valence-corrected chi connectivity index (χ0v) is 8.84. The number of hydrogen-bond acceptors (Lipinski definition) is 4. The van der Waals surface area contributed by atoms with Crippen molar-refractivity contribution in [3.8, 4) is 0 Å². The van der Waals surface area contributed by atoms with Gasteiger partial charge in [-0.05, 0) is 12.1 Å². The first-order chi connectivity index (χ1) is 7.22. The maximum absolute atomic E-state index is 6.04. The first-order valence-electron chi connectivity index (χ1n) is 4.91. The van der Waals surface area contributed by atoms with Gasteiger partial charge in [-0.1, -0.05) is 12.1 Å². The molecule has 0 spiro atoms. The van der Waals surface area contributed by atoms with Crippen molar-refractivity contribution in [2.45, 2.75) is 19.4 Å². The van der Waals surface area contributed by atoms with Gasteiger partial charge in [-0.25, -0.2) is 0 Å². The molecular formula is C10H14N4O. The summed E-state index contributed by atoms with van der Waals surface area (Å²) >= 11 is 0. The molecular weight excluding hydrogens is 192 g/mol. The SMILES string of the molecule is CCc1ccc(C(N)c2cnnn2C)o1. The van der Waals surface area contributed by atoms with Crippen molar-refractivity contribution in [3.05, 3.63) is 35.5 Å². The lowest BCUT2D eigenvalue weighted by Crippen LogP contribution is -2.15. The quantitative estimate of drug-likeness (QED) is 0.813. The number of nitrogens with zero attached hydrogens (tertiary/aromatic N) is 3. The van der Waals surface area contributed by atoms with Crippen LogP contribution in [0.4, 0.5) is 0 Å². The fourth-order valence-electron chi connectivity index (χ4n) is 1.48. The van der Waals surface area contributed by atoms with Crippen LogP contribution < -0.4 is 5.73 Å². The molecule has 2 heterocycles. The normalized spacial score (nSPS) is 13.0. The Kier molecular flexibility index (Phi) is 2.55. The molecule has 15 heavy (non-hydrogen) atoms. The highest BCUT2D eigenvalue weighted by molar-refractivity contribution is 5.19. The smallest absolute Gasteiger partial charge is 0.127 e. The summed E-state index contributed by atoms with van der Waals surface area (Å²) in [6.07, 6.45) is 2.52. The average molecular weight is 206 g/mol. The number of furan rings is 1. The number of nitrogens with two attached hydrogens (primary N) is 1. The lowest BCUT2D eigenvalue weighted by molar-refractivity contribution is 0.446. The molecule has 0 saturated heterocycles. The summed E-state index contributed by atoms with van der Waals surface area (Å²) in [5.41, 5.74) is 6.87. The Morgan fingerprint density at radius 2 is 2.33 bits per heavy atom. The molecule has 1 unspecified atom stereocenters. The maximum atomic E-state index is 6.04. The molecule has 0 fully saturated rings. The lowest BCUT2D eigenvalue weighted by atomic mass is 10.2. The van der Waals surface area contributed by atoms with Crippen LogP contribution in [0.25, 0.3) is 0 Å². The molecule has 2 aromatic rings. The van der Waals surface area contributed by atoms with Crippen LogP contribution in [-0.2, 0) is 13.5 Å². The second kappa shape index (κ2) is 3.86. The van der Waals surface area contributed by atoms with E-state index in [9.17, 15) is 0 Å². The second-order valence-electron chi connectivity index (χ2n) is 3.42. The minimum Gasteiger partial charge on any atom is -0.464 e. The van der Waals surface area contributed by atoms with E-state index in [2.05, 4.69) is 10.3 Å². The van der Waals surface area contributed by atoms with Gasteiger partial charge in [-0.2, -0.15) is 0 Å². The average Bonchev–Trinajstić information content (AvgIpc) is 2.84. The van der Waals surface area contributed by atoms with Gasteiger partial charge in [-0.3, -0.25) is 4.68 Å². The summed E-state index contributed by atoms with van der Waals surface area (Å²) in [5.74, 6) is 1.69. The number of aryl methyl sites for hydroxylation is 2. The van der Waals surface area contributed by atoms with Gasteiger partial charge >= 0.3 is 0 Å². The van der Waals surface area contributed by atoms with Gasteiger partial charge in [0.25, 0.3) is 0 Å². The molecule has 5 heteroatoms. The van der Waals surface area contributed by atoms with Crippen LogP contribution >= 0.6 is 0 Å². The van der Waals surface area contributed by atoms with Crippen molar-refractivity contribution in [2.24, 2.45) is 12.8 Å². The first-order valence-corrected chi connectivity index (χ1v) is 4.91. The van der Waals surface area contributed by atoms with E-state index >= 15 is 0 Å². The minimum atomic E-state index is -0.301. The third-order valence-electron chi connectivity index (χ3n) is 2.41. The van der Waals surface area contributed by atoms with Crippen molar-refractivity contribution < 1.29 is 4.42 Å². The standard InChI is InChI=1S/C10H14N4O/c1-3-7-4-5-9(15-7)10(11)8-6-12-13-14(8)2/h4-6,10H,3,11H2,1-2H3. The van der Waals surface area contributed by atoms with Gasteiger partial charge in [-0.15, -0.1) is 5.10 Å². The lowest BCUT2D eigenvalue weighted by Gasteiger charge is -2.07. The fourth-order valence-corrected chi connectivity index (χ4v) is 1.48. The molecule has 0 aliphatic heterocycles. The zero-order valence-electron chi connectivity index (χ0n) is 8.84. The van der Waals surface area contributed by atoms with E-state index in [4.69, 9.17) is 10.2 Å². The monoisotopic (exact) mass is 206 g/mol. The summed E-state index contributed by atoms with van der Waals surface area (Å²) in [5, 5.41) is 7.62. The molecule has 0 saturated carbocycles. The minimum absolute atomic E-state index is 0.301. The summed E-state index contributed by atoms with van der Waals surface area (Å²) in [6, 6.07) is 3.54. The van der Waals surface area contributed by atoms with Crippen LogP contribution in [0.2, 0.25) is 0 Å². The highest BCUT2D eigenvalue weighted by Crippen LogP contribution is 2.20. The van der Waals surface area contributed by atoms with Gasteiger partial charge in [0.2, 0.25) is 0 Å². The van der Waals surface area contributed by atoms with Crippen molar-refractivity contribution in [1.29, 1.82) is 0 Å². The molecule has 1 atom stereocenters. The van der Waals surface area contributed by atoms with Crippen LogP contribution in [0.1, 0.15) is 30.2 Å². The van der Waals surface area contributed by atoms with E-state index in [1.165, 1.54) is 0 Å². The van der Waals surface area contributed by atoms with E-state index in [1.54, 1.807) is 10.9 Å². The van der Waals surface area contributed by atoms with Crippen LogP contribution in [0.15, 0.2) is 22.7 Å². The summed E-state index contributed by atoms with van der Waals surface area (Å²) < 4.78 is 7.23. The van der Waals surface area contributed by atoms with Gasteiger partial charge in [0, 0.05) is 13.5 Å². The van der Waals surface area contributed by atoms with Crippen LogP contribution in [0.5, 0.6) is 0 Å². The largest absolute Gasteiger partial charge is 0.464 e. The third kappa shape index (κ3) is 1.78. The van der Waals surface area contributed by atoms with Crippen LogP contribution in [0.3, 0.4) is 0 Å². The fraction of sp³-hybridized carbons (Fsp3) is 0.400. The van der Waals surface area contributed by atoms with Crippen molar-refractivity contribution in [1.82, 2.24) is 15.0 Å². The number of hydrogen-bond donors (Lipinski definition) is 1. The van der Waals surface area contributed by atoms with E-state index in [0.717, 1.165) is 23.6 Å². The third-order valence-corrected chi connectivity index (χ3v) is 2.41. The Bertz CT molecular complexity index is 446. The molecule has 5 nitrogen and oxygen atoms in total. The van der Waals surface area contributed by atoms with Gasteiger partial charge in [0.05, 0.1) is 11.9 Å². The molecule has 2 rings (SSSR count). The predicted molar refractivity (Wildman–Crippen MR) is 55.1 cm³/mol. The number of rotatable bonds is 3. The predicted octanol–water partition coefficient (Wildman–Crippen LogP) is 1.02. The zero-order chi connectivity index (χ0) is 10.8. The Labute approximate surface area is 87.9 Å². The molecule has 2 N–H and O–H groups in total. The molecule has 0 aliphatic carbocycles. The summed E-state index contributed by atoms with van der Waals surface area (Å²) in [6.45, 7) is 2.04. The van der Waals surface area contributed by atoms with Crippen molar-refractivity contribution >= 4 is 0 Å². The van der Waals surface area contributed by atoms with Crippen LogP contribution in [-0.4, -0.2) is 15.0 Å². The van der Waals surface area contributed by atoms with E-state index in [0.29, 0.717) is 0 Å². The Morgan fingerprint density at radius 1 is 1.53 bits per heavy atom. The van der Waals surface area contributed by atoms with E-state index < -0.39 is 0 Å². The van der Waals surface area contributed by atoms with Gasteiger partial charge < -0.3 is 10.2 Å². The molecule has 80 valence electrons. The van der Waals surface area contributed by atoms with Crippen molar-refractivity contribution in [2.75, 3.05) is 0 Å². The van der Waals surface area contributed by atoms with Crippen molar-refractivity contribution in [3.63, 3.8) is 0 Å². The number of aromatic nitrogens is 3. The first kappa shape index (κ1) is 9.92. The van der Waals surface area contributed by atoms with Crippen LogP contribution in [0, 0.1) is 0 Å². The van der Waals surface area contributed by atoms with E-state index in [1.807, 2.05) is 26.1 Å². The molecule has 0 amide bonds. The molecule has 0 aliphatic rings. The molecule has 0 bridgehead atoms. The Hall–Kier alpha value is -1.62.